The molecule has 1 rings (SSSR count). The third-order valence-corrected chi connectivity index (χ3v) is 0.800. The zero-order chi connectivity index (χ0) is 7.11. The zero-order valence-electron chi connectivity index (χ0n) is 4.99. The van der Waals surface area contributed by atoms with E-state index in [9.17, 15) is 0 Å². The van der Waals surface area contributed by atoms with Crippen LogP contribution in [0.1, 0.15) is 0 Å². The second-order valence-electron chi connectivity index (χ2n) is 1.41. The molecule has 0 fully saturated rings. The fourth-order valence-electron chi connectivity index (χ4n) is 0.453. The lowest BCUT2D eigenvalue weighted by Crippen LogP contribution is -1.97. The van der Waals surface area contributed by atoms with Crippen LogP contribution in [0, 0.1) is 11.8 Å². The van der Waals surface area contributed by atoms with Crippen molar-refractivity contribution in [1.82, 2.24) is 0 Å². The number of nitrogens with zero attached hydrogens (tertiary/aromatic N) is 1. The first-order valence-electron chi connectivity index (χ1n) is 2.46. The van der Waals surface area contributed by atoms with Crippen LogP contribution in [0.5, 0.6) is 0 Å². The number of benzene rings is 1. The van der Waals surface area contributed by atoms with E-state index in [0.717, 1.165) is 5.46 Å². The Morgan fingerprint density at radius 3 is 1.78 bits per heavy atom. The van der Waals surface area contributed by atoms with Gasteiger partial charge in [0, 0.05) is 6.57 Å². The molecule has 0 heterocycles. The Labute approximate surface area is 56.3 Å². The SMILES string of the molecule is C#N.[B]c1ccccc1. The molecule has 0 saturated carbocycles. The molecule has 0 aliphatic carbocycles. The van der Waals surface area contributed by atoms with E-state index in [1.54, 1.807) is 0 Å². The van der Waals surface area contributed by atoms with Crippen LogP contribution in [0.15, 0.2) is 30.3 Å². The molecule has 0 aromatic heterocycles. The molecule has 1 nitrogen and oxygen atoms in total. The van der Waals surface area contributed by atoms with Crippen LogP contribution >= 0.6 is 0 Å². The summed E-state index contributed by atoms with van der Waals surface area (Å²) in [6, 6.07) is 9.49. The molecule has 0 bridgehead atoms. The summed E-state index contributed by atoms with van der Waals surface area (Å²) in [6.45, 7) is 3.50. The van der Waals surface area contributed by atoms with Crippen molar-refractivity contribution in [1.29, 1.82) is 5.26 Å². The topological polar surface area (TPSA) is 23.8 Å². The summed E-state index contributed by atoms with van der Waals surface area (Å²) in [5.74, 6) is 0. The summed E-state index contributed by atoms with van der Waals surface area (Å²) in [6.07, 6.45) is 0. The summed E-state index contributed by atoms with van der Waals surface area (Å²) < 4.78 is 0. The molecule has 2 radical (unpaired) electrons. The number of hydrogen-bond acceptors (Lipinski definition) is 1. The Kier molecular flexibility index (Phi) is 4.25. The van der Waals surface area contributed by atoms with E-state index in [-0.39, 0.29) is 0 Å². The largest absolute Gasteiger partial charge is 0.202 e. The van der Waals surface area contributed by atoms with Crippen LogP contribution in [-0.4, -0.2) is 7.85 Å². The minimum Gasteiger partial charge on any atom is -0.202 e. The molecule has 0 spiro atoms. The van der Waals surface area contributed by atoms with E-state index in [1.165, 1.54) is 0 Å². The molecule has 0 saturated heterocycles. The van der Waals surface area contributed by atoms with E-state index >= 15 is 0 Å². The van der Waals surface area contributed by atoms with E-state index < -0.39 is 0 Å². The van der Waals surface area contributed by atoms with Gasteiger partial charge < -0.3 is 0 Å². The van der Waals surface area contributed by atoms with Gasteiger partial charge in [0.05, 0.1) is 0 Å². The maximum atomic E-state index is 6.50. The molecule has 0 unspecified atom stereocenters. The van der Waals surface area contributed by atoms with Crippen molar-refractivity contribution >= 4 is 13.3 Å². The van der Waals surface area contributed by atoms with Gasteiger partial charge in [0.25, 0.3) is 0 Å². The van der Waals surface area contributed by atoms with Gasteiger partial charge in [-0.05, 0) is 0 Å². The average molecular weight is 115 g/mol. The Morgan fingerprint density at radius 1 is 1.11 bits per heavy atom. The lowest BCUT2D eigenvalue weighted by molar-refractivity contribution is 1.58. The highest BCUT2D eigenvalue weighted by atomic mass is 14.2. The van der Waals surface area contributed by atoms with Crippen LogP contribution in [0.4, 0.5) is 0 Å². The fraction of sp³-hybridized carbons (Fsp3) is 0. The molecule has 1 aromatic rings. The Morgan fingerprint density at radius 2 is 1.56 bits per heavy atom. The highest BCUT2D eigenvalue weighted by Gasteiger charge is 1.71. The first-order valence-corrected chi connectivity index (χ1v) is 2.46. The summed E-state index contributed by atoms with van der Waals surface area (Å²) in [5.41, 5.74) is 0.822. The quantitative estimate of drug-likeness (QED) is 0.454. The van der Waals surface area contributed by atoms with Gasteiger partial charge in [-0.25, -0.2) is 5.26 Å². The first-order chi connectivity index (χ1) is 4.39. The van der Waals surface area contributed by atoms with E-state index in [4.69, 9.17) is 13.1 Å². The van der Waals surface area contributed by atoms with Crippen LogP contribution in [0.25, 0.3) is 0 Å². The van der Waals surface area contributed by atoms with Gasteiger partial charge in [-0.2, -0.15) is 0 Å². The molecule has 1 aromatic carbocycles. The third kappa shape index (κ3) is 3.37. The number of hydrogen-bond donors (Lipinski definition) is 0. The minimum absolute atomic E-state index is 0.822. The van der Waals surface area contributed by atoms with Crippen molar-refractivity contribution in [2.75, 3.05) is 0 Å². The molecule has 9 heavy (non-hydrogen) atoms. The highest BCUT2D eigenvalue weighted by molar-refractivity contribution is 6.32. The molecular formula is C7H6BN. The monoisotopic (exact) mass is 115 g/mol. The van der Waals surface area contributed by atoms with Crippen molar-refractivity contribution in [2.45, 2.75) is 0 Å². The third-order valence-electron chi connectivity index (χ3n) is 0.800. The number of rotatable bonds is 0. The first kappa shape index (κ1) is 7.77. The minimum atomic E-state index is 0.822. The van der Waals surface area contributed by atoms with E-state index in [2.05, 4.69) is 6.57 Å². The van der Waals surface area contributed by atoms with Gasteiger partial charge in [0.15, 0.2) is 0 Å². The predicted octanol–water partition coefficient (Wildman–Crippen LogP) is 0.620. The molecule has 0 atom stereocenters. The lowest BCUT2D eigenvalue weighted by atomic mass is 9.97. The highest BCUT2D eigenvalue weighted by Crippen LogP contribution is 1.76. The van der Waals surface area contributed by atoms with Crippen LogP contribution in [-0.2, 0) is 0 Å². The van der Waals surface area contributed by atoms with Gasteiger partial charge in [-0.1, -0.05) is 35.8 Å². The molecule has 0 amide bonds. The second-order valence-corrected chi connectivity index (χ2v) is 1.41. The summed E-state index contributed by atoms with van der Waals surface area (Å²) in [7, 11) is 5.36. The molecule has 0 aliphatic heterocycles. The van der Waals surface area contributed by atoms with Gasteiger partial charge in [0.2, 0.25) is 0 Å². The molecule has 2 heteroatoms. The second kappa shape index (κ2) is 4.92. The summed E-state index contributed by atoms with van der Waals surface area (Å²) in [4.78, 5) is 0. The van der Waals surface area contributed by atoms with Gasteiger partial charge in [0.1, 0.15) is 7.85 Å². The van der Waals surface area contributed by atoms with E-state index in [0.29, 0.717) is 0 Å². The molecular weight excluding hydrogens is 109 g/mol. The van der Waals surface area contributed by atoms with Crippen molar-refractivity contribution in [3.63, 3.8) is 0 Å². The summed E-state index contributed by atoms with van der Waals surface area (Å²) in [5, 5.41) is 6.50. The van der Waals surface area contributed by atoms with Gasteiger partial charge in [-0.3, -0.25) is 0 Å². The van der Waals surface area contributed by atoms with Crippen molar-refractivity contribution in [3.8, 4) is 6.57 Å². The molecule has 42 valence electrons. The fourth-order valence-corrected chi connectivity index (χ4v) is 0.453. The average Bonchev–Trinajstić information content (AvgIpc) is 1.94. The molecule has 0 aliphatic rings. The van der Waals surface area contributed by atoms with Crippen molar-refractivity contribution in [2.24, 2.45) is 0 Å². The standard InChI is InChI=1S/C6H5B.CHN/c7-6-4-2-1-3-5-6;1-2/h1-5H;1H. The predicted molar refractivity (Wildman–Crippen MR) is 38.5 cm³/mol. The lowest BCUT2D eigenvalue weighted by Gasteiger charge is -1.83. The Balaban J connectivity index is 0.000000291. The zero-order valence-corrected chi connectivity index (χ0v) is 4.99. The maximum Gasteiger partial charge on any atom is 0.113 e. The van der Waals surface area contributed by atoms with Gasteiger partial charge >= 0.3 is 0 Å². The number of nitriles is 1. The van der Waals surface area contributed by atoms with Crippen molar-refractivity contribution < 1.29 is 0 Å². The maximum absolute atomic E-state index is 6.50. The Bertz CT molecular complexity index is 169. The van der Waals surface area contributed by atoms with E-state index in [1.807, 2.05) is 30.3 Å². The Hall–Kier alpha value is -1.23. The molecule has 0 N–H and O–H groups in total. The van der Waals surface area contributed by atoms with Gasteiger partial charge in [-0.15, -0.1) is 0 Å². The smallest absolute Gasteiger partial charge is 0.113 e. The van der Waals surface area contributed by atoms with Crippen molar-refractivity contribution in [3.05, 3.63) is 30.3 Å². The van der Waals surface area contributed by atoms with Crippen LogP contribution in [0.2, 0.25) is 0 Å². The van der Waals surface area contributed by atoms with Crippen LogP contribution < -0.4 is 5.46 Å². The normalized spacial score (nSPS) is 6.89. The van der Waals surface area contributed by atoms with Crippen LogP contribution in [0.3, 0.4) is 0 Å². The summed E-state index contributed by atoms with van der Waals surface area (Å²) >= 11 is 0.